The first-order valence-electron chi connectivity index (χ1n) is 9.73. The summed E-state index contributed by atoms with van der Waals surface area (Å²) < 4.78 is 7.31. The second-order valence-electron chi connectivity index (χ2n) is 7.10. The standard InChI is InChI=1S/C19H24N4O3S2/c1-2-26-18(25)13-5-3-9-22(11-13)16(24)12-28-19-21-20-17(15-6-4-10-27-15)23(19)14-7-8-14/h4,6,10,13-14H,2-3,5,7-9,11-12H2,1H3/t13-/m0/s1. The van der Waals surface area contributed by atoms with E-state index in [4.69, 9.17) is 4.74 Å². The molecule has 0 spiro atoms. The van der Waals surface area contributed by atoms with E-state index in [0.717, 1.165) is 41.5 Å². The third-order valence-electron chi connectivity index (χ3n) is 5.04. The number of hydrogen-bond donors (Lipinski definition) is 0. The average Bonchev–Trinajstić information content (AvgIpc) is 3.23. The number of hydrogen-bond acceptors (Lipinski definition) is 7. The van der Waals surface area contributed by atoms with Crippen LogP contribution in [0.5, 0.6) is 0 Å². The molecule has 7 nitrogen and oxygen atoms in total. The van der Waals surface area contributed by atoms with Gasteiger partial charge >= 0.3 is 5.97 Å². The van der Waals surface area contributed by atoms with Crippen LogP contribution in [0.2, 0.25) is 0 Å². The van der Waals surface area contributed by atoms with Gasteiger partial charge in [0.05, 0.1) is 23.2 Å². The summed E-state index contributed by atoms with van der Waals surface area (Å²) in [4.78, 5) is 27.6. The number of carbonyl (C=O) groups excluding carboxylic acids is 2. The van der Waals surface area contributed by atoms with E-state index >= 15 is 0 Å². The van der Waals surface area contributed by atoms with Gasteiger partial charge < -0.3 is 9.64 Å². The third kappa shape index (κ3) is 4.25. The fourth-order valence-corrected chi connectivity index (χ4v) is 5.10. The molecule has 0 radical (unpaired) electrons. The van der Waals surface area contributed by atoms with Crippen LogP contribution in [0.15, 0.2) is 22.7 Å². The van der Waals surface area contributed by atoms with Gasteiger partial charge in [-0.1, -0.05) is 17.8 Å². The summed E-state index contributed by atoms with van der Waals surface area (Å²) in [6, 6.07) is 4.50. The van der Waals surface area contributed by atoms with E-state index < -0.39 is 0 Å². The number of ether oxygens (including phenoxy) is 1. The molecule has 0 bridgehead atoms. The first-order valence-corrected chi connectivity index (χ1v) is 11.6. The lowest BCUT2D eigenvalue weighted by Gasteiger charge is -2.31. The number of rotatable bonds is 7. The Morgan fingerprint density at radius 3 is 2.89 bits per heavy atom. The zero-order valence-corrected chi connectivity index (χ0v) is 17.5. The molecule has 1 aliphatic carbocycles. The molecule has 2 aliphatic rings. The van der Waals surface area contributed by atoms with Gasteiger partial charge in [-0.15, -0.1) is 21.5 Å². The average molecular weight is 421 g/mol. The van der Waals surface area contributed by atoms with Crippen molar-refractivity contribution in [2.45, 2.75) is 43.8 Å². The Hall–Kier alpha value is -1.87. The highest BCUT2D eigenvalue weighted by Crippen LogP contribution is 2.41. The highest BCUT2D eigenvalue weighted by molar-refractivity contribution is 7.99. The van der Waals surface area contributed by atoms with Crippen molar-refractivity contribution in [3.63, 3.8) is 0 Å². The summed E-state index contributed by atoms with van der Waals surface area (Å²) in [7, 11) is 0. The number of piperidine rings is 1. The summed E-state index contributed by atoms with van der Waals surface area (Å²) >= 11 is 3.09. The monoisotopic (exact) mass is 420 g/mol. The molecule has 1 saturated heterocycles. The second kappa shape index (κ2) is 8.65. The topological polar surface area (TPSA) is 77.3 Å². The smallest absolute Gasteiger partial charge is 0.310 e. The molecule has 2 aromatic heterocycles. The SMILES string of the molecule is CCOC(=O)[C@H]1CCCN(C(=O)CSc2nnc(-c3cccs3)n2C2CC2)C1. The fourth-order valence-electron chi connectivity index (χ4n) is 3.48. The number of esters is 1. The van der Waals surface area contributed by atoms with Crippen molar-refractivity contribution < 1.29 is 14.3 Å². The molecule has 2 fully saturated rings. The number of nitrogens with zero attached hydrogens (tertiary/aromatic N) is 4. The van der Waals surface area contributed by atoms with E-state index in [-0.39, 0.29) is 17.8 Å². The summed E-state index contributed by atoms with van der Waals surface area (Å²) in [5.41, 5.74) is 0. The number of amides is 1. The summed E-state index contributed by atoms with van der Waals surface area (Å²) in [5.74, 6) is 0.852. The maximum atomic E-state index is 12.7. The zero-order valence-electron chi connectivity index (χ0n) is 15.9. The quantitative estimate of drug-likeness (QED) is 0.506. The lowest BCUT2D eigenvalue weighted by molar-refractivity contribution is -0.151. The number of thioether (sulfide) groups is 1. The Kier molecular flexibility index (Phi) is 6.01. The molecule has 1 amide bonds. The predicted octanol–water partition coefficient (Wildman–Crippen LogP) is 3.24. The molecule has 9 heteroatoms. The molecule has 4 rings (SSSR count). The lowest BCUT2D eigenvalue weighted by Crippen LogP contribution is -2.43. The van der Waals surface area contributed by atoms with Gasteiger partial charge in [0.25, 0.3) is 0 Å². The van der Waals surface area contributed by atoms with Crippen LogP contribution in [0.3, 0.4) is 0 Å². The van der Waals surface area contributed by atoms with E-state index in [0.29, 0.717) is 31.5 Å². The Balaban J connectivity index is 1.39. The van der Waals surface area contributed by atoms with Gasteiger partial charge in [-0.25, -0.2) is 0 Å². The van der Waals surface area contributed by atoms with Crippen molar-refractivity contribution in [3.05, 3.63) is 17.5 Å². The minimum atomic E-state index is -0.205. The van der Waals surface area contributed by atoms with E-state index in [1.807, 2.05) is 11.4 Å². The largest absolute Gasteiger partial charge is 0.466 e. The van der Waals surface area contributed by atoms with Crippen LogP contribution in [0, 0.1) is 5.92 Å². The fraction of sp³-hybridized carbons (Fsp3) is 0.579. The van der Waals surface area contributed by atoms with Gasteiger partial charge in [0.15, 0.2) is 11.0 Å². The van der Waals surface area contributed by atoms with Crippen LogP contribution in [0.1, 0.15) is 38.6 Å². The van der Waals surface area contributed by atoms with Crippen LogP contribution in [0.4, 0.5) is 0 Å². The zero-order chi connectivity index (χ0) is 19.5. The van der Waals surface area contributed by atoms with E-state index in [1.165, 1.54) is 11.8 Å². The highest BCUT2D eigenvalue weighted by Gasteiger charge is 2.32. The minimum Gasteiger partial charge on any atom is -0.466 e. The van der Waals surface area contributed by atoms with Crippen LogP contribution in [0.25, 0.3) is 10.7 Å². The van der Waals surface area contributed by atoms with Crippen molar-refractivity contribution in [2.24, 2.45) is 5.92 Å². The van der Waals surface area contributed by atoms with E-state index in [1.54, 1.807) is 23.2 Å². The van der Waals surface area contributed by atoms with Crippen LogP contribution < -0.4 is 0 Å². The van der Waals surface area contributed by atoms with Crippen LogP contribution in [-0.2, 0) is 14.3 Å². The molecule has 3 heterocycles. The van der Waals surface area contributed by atoms with Gasteiger partial charge in [-0.3, -0.25) is 14.2 Å². The van der Waals surface area contributed by atoms with Crippen LogP contribution >= 0.6 is 23.1 Å². The van der Waals surface area contributed by atoms with Crippen molar-refractivity contribution in [3.8, 4) is 10.7 Å². The molecule has 1 aliphatic heterocycles. The molecular formula is C19H24N4O3S2. The predicted molar refractivity (Wildman–Crippen MR) is 108 cm³/mol. The summed E-state index contributed by atoms with van der Waals surface area (Å²) in [6.07, 6.45) is 3.88. The minimum absolute atomic E-state index is 0.0435. The van der Waals surface area contributed by atoms with Gasteiger partial charge in [-0.2, -0.15) is 0 Å². The molecule has 0 N–H and O–H groups in total. The maximum Gasteiger partial charge on any atom is 0.310 e. The molecule has 2 aromatic rings. The first-order chi connectivity index (χ1) is 13.7. The number of likely N-dealkylation sites (tertiary alicyclic amines) is 1. The Morgan fingerprint density at radius 2 is 2.18 bits per heavy atom. The Labute approximate surface area is 172 Å². The maximum absolute atomic E-state index is 12.7. The number of carbonyl (C=O) groups is 2. The van der Waals surface area contributed by atoms with Gasteiger partial charge in [0, 0.05) is 19.1 Å². The van der Waals surface area contributed by atoms with Gasteiger partial charge in [0.2, 0.25) is 5.91 Å². The van der Waals surface area contributed by atoms with E-state index in [2.05, 4.69) is 20.8 Å². The Morgan fingerprint density at radius 1 is 1.32 bits per heavy atom. The van der Waals surface area contributed by atoms with Crippen molar-refractivity contribution >= 4 is 35.0 Å². The van der Waals surface area contributed by atoms with Crippen molar-refractivity contribution in [1.82, 2.24) is 19.7 Å². The number of aromatic nitrogens is 3. The molecule has 28 heavy (non-hydrogen) atoms. The number of thiophene rings is 1. The summed E-state index contributed by atoms with van der Waals surface area (Å²) in [5, 5.41) is 11.6. The molecule has 0 unspecified atom stereocenters. The van der Waals surface area contributed by atoms with Crippen LogP contribution in [-0.4, -0.2) is 57.0 Å². The Bertz CT molecular complexity index is 832. The normalized spacial score (nSPS) is 19.6. The molecule has 150 valence electrons. The van der Waals surface area contributed by atoms with Crippen molar-refractivity contribution in [1.29, 1.82) is 0 Å². The molecule has 1 saturated carbocycles. The second-order valence-corrected chi connectivity index (χ2v) is 8.99. The van der Waals surface area contributed by atoms with E-state index in [9.17, 15) is 9.59 Å². The molecule has 0 aromatic carbocycles. The molecule has 1 atom stereocenters. The highest BCUT2D eigenvalue weighted by atomic mass is 32.2. The lowest BCUT2D eigenvalue weighted by atomic mass is 9.98. The van der Waals surface area contributed by atoms with Gasteiger partial charge in [-0.05, 0) is 44.1 Å². The van der Waals surface area contributed by atoms with Crippen molar-refractivity contribution in [2.75, 3.05) is 25.4 Å². The summed E-state index contributed by atoms with van der Waals surface area (Å²) in [6.45, 7) is 3.34. The third-order valence-corrected chi connectivity index (χ3v) is 6.83. The first kappa shape index (κ1) is 19.4. The molecular weight excluding hydrogens is 396 g/mol. The van der Waals surface area contributed by atoms with Gasteiger partial charge in [0.1, 0.15) is 0 Å².